The first-order valence-electron chi connectivity index (χ1n) is 10.4. The van der Waals surface area contributed by atoms with E-state index in [1.54, 1.807) is 11.3 Å². The van der Waals surface area contributed by atoms with Crippen LogP contribution in [-0.4, -0.2) is 16.8 Å². The minimum atomic E-state index is -0.0393. The van der Waals surface area contributed by atoms with Gasteiger partial charge in [0.2, 0.25) is 6.79 Å². The number of ether oxygens (including phenoxy) is 3. The van der Waals surface area contributed by atoms with Crippen molar-refractivity contribution in [2.75, 3.05) is 6.79 Å². The van der Waals surface area contributed by atoms with Gasteiger partial charge in [-0.05, 0) is 73.2 Å². The quantitative estimate of drug-likeness (QED) is 0.500. The highest BCUT2D eigenvalue weighted by molar-refractivity contribution is 7.18. The summed E-state index contributed by atoms with van der Waals surface area (Å²) in [6, 6.07) is 13.4. The number of hydrogen-bond acceptors (Lipinski definition) is 6. The number of nitrogens with zero attached hydrogens (tertiary/aromatic N) is 1. The third-order valence-electron chi connectivity index (χ3n) is 5.80. The molecule has 7 heteroatoms. The van der Waals surface area contributed by atoms with Crippen molar-refractivity contribution in [2.24, 2.45) is 0 Å². The number of rotatable bonds is 4. The zero-order valence-electron chi connectivity index (χ0n) is 16.8. The number of hydrogen-bond donors (Lipinski definition) is 1. The average Bonchev–Trinajstić information content (AvgIpc) is 3.42. The summed E-state index contributed by atoms with van der Waals surface area (Å²) in [5.41, 5.74) is 3.04. The van der Waals surface area contributed by atoms with Gasteiger partial charge in [-0.1, -0.05) is 6.07 Å². The molecule has 0 radical (unpaired) electrons. The molecule has 1 aliphatic carbocycles. The Morgan fingerprint density at radius 3 is 2.77 bits per heavy atom. The van der Waals surface area contributed by atoms with Crippen LogP contribution in [0, 0.1) is 0 Å². The highest BCUT2D eigenvalue weighted by Crippen LogP contribution is 2.35. The number of aromatic amines is 1. The van der Waals surface area contributed by atoms with E-state index >= 15 is 0 Å². The van der Waals surface area contributed by atoms with Crippen LogP contribution in [0.4, 0.5) is 0 Å². The van der Waals surface area contributed by atoms with Crippen LogP contribution in [0.5, 0.6) is 17.2 Å². The Hall–Kier alpha value is -3.32. The third kappa shape index (κ3) is 3.35. The monoisotopic (exact) mass is 432 g/mol. The first-order chi connectivity index (χ1) is 15.2. The molecule has 2 aromatic carbocycles. The Bertz CT molecular complexity index is 1340. The van der Waals surface area contributed by atoms with Crippen LogP contribution in [0.2, 0.25) is 0 Å². The van der Waals surface area contributed by atoms with Gasteiger partial charge in [0.1, 0.15) is 23.0 Å². The molecule has 0 spiro atoms. The normalized spacial score (nSPS) is 14.6. The van der Waals surface area contributed by atoms with Crippen molar-refractivity contribution >= 4 is 21.6 Å². The van der Waals surface area contributed by atoms with E-state index in [1.165, 1.54) is 16.9 Å². The molecular weight excluding hydrogens is 412 g/mol. The molecule has 0 fully saturated rings. The lowest BCUT2D eigenvalue weighted by molar-refractivity contribution is 0.174. The van der Waals surface area contributed by atoms with Gasteiger partial charge in [0.05, 0.1) is 5.39 Å². The molecule has 0 bridgehead atoms. The van der Waals surface area contributed by atoms with Crippen LogP contribution in [0.1, 0.15) is 28.8 Å². The van der Waals surface area contributed by atoms with Crippen LogP contribution >= 0.6 is 11.3 Å². The molecule has 2 aliphatic rings. The van der Waals surface area contributed by atoms with E-state index < -0.39 is 0 Å². The number of aryl methyl sites for hydroxylation is 2. The fourth-order valence-electron chi connectivity index (χ4n) is 4.21. The second-order valence-corrected chi connectivity index (χ2v) is 8.89. The van der Waals surface area contributed by atoms with Gasteiger partial charge in [-0.25, -0.2) is 4.98 Å². The first-order valence-corrected chi connectivity index (χ1v) is 11.2. The second-order valence-electron chi connectivity index (χ2n) is 7.81. The van der Waals surface area contributed by atoms with Crippen LogP contribution in [0.25, 0.3) is 21.6 Å². The highest BCUT2D eigenvalue weighted by atomic mass is 32.1. The van der Waals surface area contributed by atoms with Crippen molar-refractivity contribution < 1.29 is 14.2 Å². The molecule has 156 valence electrons. The minimum absolute atomic E-state index is 0.0393. The minimum Gasteiger partial charge on any atom is -0.489 e. The number of nitrogens with one attached hydrogen (secondary N) is 1. The number of aromatic nitrogens is 2. The molecule has 1 N–H and O–H groups in total. The molecule has 3 heterocycles. The predicted molar refractivity (Wildman–Crippen MR) is 119 cm³/mol. The van der Waals surface area contributed by atoms with Gasteiger partial charge < -0.3 is 19.2 Å². The average molecular weight is 433 g/mol. The summed E-state index contributed by atoms with van der Waals surface area (Å²) in [6.45, 7) is 0.689. The predicted octanol–water partition coefficient (Wildman–Crippen LogP) is 4.84. The maximum atomic E-state index is 12.8. The van der Waals surface area contributed by atoms with Gasteiger partial charge in [0.25, 0.3) is 5.56 Å². The number of thiophene rings is 1. The lowest BCUT2D eigenvalue weighted by Gasteiger charge is -2.09. The number of H-pyrrole nitrogens is 1. The molecule has 0 saturated heterocycles. The Morgan fingerprint density at radius 2 is 1.87 bits per heavy atom. The van der Waals surface area contributed by atoms with Crippen LogP contribution < -0.4 is 19.8 Å². The van der Waals surface area contributed by atoms with E-state index in [9.17, 15) is 4.79 Å². The van der Waals surface area contributed by atoms with Crippen LogP contribution in [0.3, 0.4) is 0 Å². The van der Waals surface area contributed by atoms with E-state index in [-0.39, 0.29) is 12.4 Å². The summed E-state index contributed by atoms with van der Waals surface area (Å²) in [7, 11) is 0. The zero-order valence-corrected chi connectivity index (χ0v) is 17.6. The standard InChI is InChI=1S/C24H20N2O4S/c27-23-21-17-3-1-2-4-20(17)31-24(21)26-22(25-23)15-6-8-16(9-7-15)28-12-14-5-10-18-19(11-14)30-13-29-18/h5-11H,1-4,12-13H2,(H,25,26,27). The topological polar surface area (TPSA) is 73.4 Å². The van der Waals surface area contributed by atoms with E-state index in [2.05, 4.69) is 4.98 Å². The van der Waals surface area contributed by atoms with Gasteiger partial charge in [0.15, 0.2) is 11.5 Å². The summed E-state index contributed by atoms with van der Waals surface area (Å²) in [4.78, 5) is 22.7. The van der Waals surface area contributed by atoms with Crippen molar-refractivity contribution in [3.63, 3.8) is 0 Å². The van der Waals surface area contributed by atoms with E-state index in [0.717, 1.165) is 57.9 Å². The van der Waals surface area contributed by atoms with Gasteiger partial charge in [-0.15, -0.1) is 11.3 Å². The molecule has 0 unspecified atom stereocenters. The second kappa shape index (κ2) is 7.42. The summed E-state index contributed by atoms with van der Waals surface area (Å²) in [5, 5.41) is 0.784. The molecule has 0 amide bonds. The van der Waals surface area contributed by atoms with Gasteiger partial charge in [-0.3, -0.25) is 4.79 Å². The summed E-state index contributed by atoms with van der Waals surface area (Å²) < 4.78 is 16.7. The largest absolute Gasteiger partial charge is 0.489 e. The molecule has 0 atom stereocenters. The number of fused-ring (bicyclic) bond motifs is 4. The lowest BCUT2D eigenvalue weighted by atomic mass is 9.97. The maximum absolute atomic E-state index is 12.8. The van der Waals surface area contributed by atoms with Gasteiger partial charge >= 0.3 is 0 Å². The maximum Gasteiger partial charge on any atom is 0.260 e. The summed E-state index contributed by atoms with van der Waals surface area (Å²) in [5.74, 6) is 2.85. The molecule has 1 aliphatic heterocycles. The Balaban J connectivity index is 1.22. The number of benzene rings is 2. The van der Waals surface area contributed by atoms with Crippen molar-refractivity contribution in [1.29, 1.82) is 0 Å². The lowest BCUT2D eigenvalue weighted by Crippen LogP contribution is -2.11. The molecule has 31 heavy (non-hydrogen) atoms. The van der Waals surface area contributed by atoms with E-state index in [1.807, 2.05) is 42.5 Å². The van der Waals surface area contributed by atoms with Gasteiger partial charge in [-0.2, -0.15) is 0 Å². The van der Waals surface area contributed by atoms with E-state index in [0.29, 0.717) is 12.4 Å². The Labute approximate surface area is 182 Å². The molecule has 6 nitrogen and oxygen atoms in total. The summed E-state index contributed by atoms with van der Waals surface area (Å²) >= 11 is 1.67. The first kappa shape index (κ1) is 18.4. The Kier molecular flexibility index (Phi) is 4.42. The van der Waals surface area contributed by atoms with Crippen molar-refractivity contribution in [3.8, 4) is 28.6 Å². The molecule has 0 saturated carbocycles. The molecule has 4 aromatic rings. The van der Waals surface area contributed by atoms with Crippen molar-refractivity contribution in [1.82, 2.24) is 9.97 Å². The molecule has 2 aromatic heterocycles. The zero-order chi connectivity index (χ0) is 20.8. The molecular formula is C24H20N2O4S. The summed E-state index contributed by atoms with van der Waals surface area (Å²) in [6.07, 6.45) is 4.38. The van der Waals surface area contributed by atoms with Crippen molar-refractivity contribution in [3.05, 3.63) is 68.8 Å². The fraction of sp³-hybridized carbons (Fsp3) is 0.250. The molecule has 6 rings (SSSR count). The van der Waals surface area contributed by atoms with Crippen LogP contribution in [-0.2, 0) is 19.4 Å². The smallest absolute Gasteiger partial charge is 0.260 e. The SMILES string of the molecule is O=c1[nH]c(-c2ccc(OCc3ccc4c(c3)OCO4)cc2)nc2sc3c(c12)CCCC3. The third-order valence-corrected chi connectivity index (χ3v) is 6.98. The van der Waals surface area contributed by atoms with Gasteiger partial charge in [0, 0.05) is 10.4 Å². The fourth-order valence-corrected chi connectivity index (χ4v) is 5.47. The Morgan fingerprint density at radius 1 is 1.03 bits per heavy atom. The van der Waals surface area contributed by atoms with Crippen LogP contribution in [0.15, 0.2) is 47.3 Å². The highest BCUT2D eigenvalue weighted by Gasteiger charge is 2.20. The van der Waals surface area contributed by atoms with E-state index in [4.69, 9.17) is 19.2 Å². The van der Waals surface area contributed by atoms with Crippen molar-refractivity contribution in [2.45, 2.75) is 32.3 Å².